The third-order valence-electron chi connectivity index (χ3n) is 2.88. The van der Waals surface area contributed by atoms with Gasteiger partial charge in [0.1, 0.15) is 5.82 Å². The van der Waals surface area contributed by atoms with Gasteiger partial charge in [0.15, 0.2) is 0 Å². The van der Waals surface area contributed by atoms with Gasteiger partial charge in [-0.05, 0) is 51.8 Å². The maximum atomic E-state index is 4.55. The van der Waals surface area contributed by atoms with Crippen LogP contribution in [0.5, 0.6) is 0 Å². The molecule has 0 radical (unpaired) electrons. The predicted molar refractivity (Wildman–Crippen MR) is 78.4 cm³/mol. The Balaban J connectivity index is 2.09. The molecule has 0 unspecified atom stereocenters. The molecule has 0 aliphatic carbocycles. The van der Waals surface area contributed by atoms with Crippen LogP contribution in [0.25, 0.3) is 17.1 Å². The zero-order valence-electron chi connectivity index (χ0n) is 11.3. The molecule has 18 heavy (non-hydrogen) atoms. The number of nitrogens with one attached hydrogen (secondary N) is 1. The Bertz CT molecular complexity index is 551. The zero-order chi connectivity index (χ0) is 13.0. The number of hydrogen-bond acceptors (Lipinski definition) is 1. The van der Waals surface area contributed by atoms with Gasteiger partial charge in [-0.3, -0.25) is 0 Å². The molecule has 0 bridgehead atoms. The Hall–Kier alpha value is -1.83. The third-order valence-corrected chi connectivity index (χ3v) is 2.88. The number of allylic oxidation sites excluding steroid dienone is 3. The van der Waals surface area contributed by atoms with Crippen molar-refractivity contribution < 1.29 is 0 Å². The summed E-state index contributed by atoms with van der Waals surface area (Å²) < 4.78 is 0. The highest BCUT2D eigenvalue weighted by Crippen LogP contribution is 2.14. The molecule has 2 rings (SSSR count). The highest BCUT2D eigenvalue weighted by Gasteiger charge is 1.99. The number of para-hydroxylation sites is 2. The normalized spacial score (nSPS) is 11.8. The smallest absolute Gasteiger partial charge is 0.131 e. The van der Waals surface area contributed by atoms with E-state index in [4.69, 9.17) is 0 Å². The molecule has 2 nitrogen and oxygen atoms in total. The summed E-state index contributed by atoms with van der Waals surface area (Å²) in [6.45, 7) is 6.43. The summed E-state index contributed by atoms with van der Waals surface area (Å²) in [5.41, 5.74) is 4.86. The molecule has 1 aromatic heterocycles. The van der Waals surface area contributed by atoms with Crippen LogP contribution in [0.15, 0.2) is 41.5 Å². The van der Waals surface area contributed by atoms with E-state index in [1.54, 1.807) is 0 Å². The van der Waals surface area contributed by atoms with E-state index in [0.717, 1.165) is 29.7 Å². The van der Waals surface area contributed by atoms with Gasteiger partial charge in [0, 0.05) is 0 Å². The van der Waals surface area contributed by atoms with Crippen LogP contribution < -0.4 is 0 Å². The second-order valence-electron chi connectivity index (χ2n) is 4.95. The van der Waals surface area contributed by atoms with Crippen LogP contribution in [-0.4, -0.2) is 9.97 Å². The van der Waals surface area contributed by atoms with Gasteiger partial charge in [-0.15, -0.1) is 0 Å². The van der Waals surface area contributed by atoms with Gasteiger partial charge in [-0.2, -0.15) is 0 Å². The number of imidazole rings is 1. The molecule has 0 saturated heterocycles. The lowest BCUT2D eigenvalue weighted by molar-refractivity contribution is 0.973. The van der Waals surface area contributed by atoms with E-state index in [2.05, 4.69) is 49.0 Å². The minimum Gasteiger partial charge on any atom is -0.338 e. The Kier molecular flexibility index (Phi) is 3.98. The molecule has 1 heterocycles. The molecule has 94 valence electrons. The summed E-state index contributed by atoms with van der Waals surface area (Å²) in [5, 5.41) is 0. The lowest BCUT2D eigenvalue weighted by atomic mass is 10.1. The number of aromatic nitrogens is 2. The van der Waals surface area contributed by atoms with Gasteiger partial charge in [0.2, 0.25) is 0 Å². The van der Waals surface area contributed by atoms with Crippen LogP contribution in [0.2, 0.25) is 0 Å². The van der Waals surface area contributed by atoms with Crippen molar-refractivity contribution in [3.05, 3.63) is 47.3 Å². The molecule has 2 heteroatoms. The Labute approximate surface area is 108 Å². The van der Waals surface area contributed by atoms with Crippen molar-refractivity contribution >= 4 is 17.1 Å². The number of rotatable bonds is 4. The van der Waals surface area contributed by atoms with E-state index in [1.165, 1.54) is 11.1 Å². The zero-order valence-corrected chi connectivity index (χ0v) is 11.3. The molecule has 1 aromatic carbocycles. The second-order valence-corrected chi connectivity index (χ2v) is 4.95. The number of H-pyrrole nitrogens is 1. The number of hydrogen-bond donors (Lipinski definition) is 1. The van der Waals surface area contributed by atoms with Crippen molar-refractivity contribution in [3.63, 3.8) is 0 Å². The first-order valence-corrected chi connectivity index (χ1v) is 6.40. The summed E-state index contributed by atoms with van der Waals surface area (Å²) in [6, 6.07) is 8.12. The average molecular weight is 240 g/mol. The second kappa shape index (κ2) is 5.67. The van der Waals surface area contributed by atoms with E-state index < -0.39 is 0 Å². The van der Waals surface area contributed by atoms with Crippen LogP contribution in [0.4, 0.5) is 0 Å². The third kappa shape index (κ3) is 3.33. The summed E-state index contributed by atoms with van der Waals surface area (Å²) in [4.78, 5) is 7.87. The van der Waals surface area contributed by atoms with Crippen molar-refractivity contribution in [2.75, 3.05) is 0 Å². The number of fused-ring (bicyclic) bond motifs is 1. The van der Waals surface area contributed by atoms with Crippen LogP contribution >= 0.6 is 0 Å². The highest BCUT2D eigenvalue weighted by molar-refractivity contribution is 5.76. The topological polar surface area (TPSA) is 28.7 Å². The van der Waals surface area contributed by atoms with Gasteiger partial charge in [-0.25, -0.2) is 4.98 Å². The van der Waals surface area contributed by atoms with Crippen molar-refractivity contribution in [1.29, 1.82) is 0 Å². The first-order chi connectivity index (χ1) is 8.65. The van der Waals surface area contributed by atoms with Gasteiger partial charge in [0.25, 0.3) is 0 Å². The molecular formula is C16H20N2. The maximum Gasteiger partial charge on any atom is 0.131 e. The molecule has 0 fully saturated rings. The van der Waals surface area contributed by atoms with Crippen molar-refractivity contribution in [1.82, 2.24) is 9.97 Å². The molecule has 0 saturated carbocycles. The number of benzene rings is 1. The number of nitrogens with zero attached hydrogens (tertiary/aromatic N) is 1. The lowest BCUT2D eigenvalue weighted by Crippen LogP contribution is -1.80. The van der Waals surface area contributed by atoms with Crippen LogP contribution in [0.3, 0.4) is 0 Å². The maximum absolute atomic E-state index is 4.55. The SMILES string of the molecule is CC(C)=CCC/C(C)=C/c1nc2ccccc2[nH]1. The fraction of sp³-hybridized carbons (Fsp3) is 0.312. The van der Waals surface area contributed by atoms with Crippen LogP contribution in [0.1, 0.15) is 39.4 Å². The van der Waals surface area contributed by atoms with Crippen molar-refractivity contribution in [2.24, 2.45) is 0 Å². The minimum absolute atomic E-state index is 0.950. The molecular weight excluding hydrogens is 220 g/mol. The first kappa shape index (κ1) is 12.6. The van der Waals surface area contributed by atoms with Gasteiger partial charge < -0.3 is 4.98 Å². The standard InChI is InChI=1S/C16H20N2/c1-12(2)7-6-8-13(3)11-16-17-14-9-4-5-10-15(14)18-16/h4-5,7,9-11H,6,8H2,1-3H3,(H,17,18)/b13-11+. The Morgan fingerprint density at radius 1 is 1.22 bits per heavy atom. The molecule has 0 aliphatic heterocycles. The number of aromatic amines is 1. The van der Waals surface area contributed by atoms with Gasteiger partial charge in [0.05, 0.1) is 11.0 Å². The molecule has 0 aliphatic rings. The first-order valence-electron chi connectivity index (χ1n) is 6.40. The Morgan fingerprint density at radius 3 is 2.72 bits per heavy atom. The van der Waals surface area contributed by atoms with Crippen molar-refractivity contribution in [2.45, 2.75) is 33.6 Å². The highest BCUT2D eigenvalue weighted by atomic mass is 14.9. The molecule has 0 atom stereocenters. The van der Waals surface area contributed by atoms with E-state index in [-0.39, 0.29) is 0 Å². The molecule has 1 N–H and O–H groups in total. The molecule has 0 amide bonds. The minimum atomic E-state index is 0.950. The summed E-state index contributed by atoms with van der Waals surface area (Å²) >= 11 is 0. The summed E-state index contributed by atoms with van der Waals surface area (Å²) in [5.74, 6) is 0.950. The van der Waals surface area contributed by atoms with E-state index >= 15 is 0 Å². The summed E-state index contributed by atoms with van der Waals surface area (Å²) in [6.07, 6.45) is 6.60. The van der Waals surface area contributed by atoms with Gasteiger partial charge >= 0.3 is 0 Å². The Morgan fingerprint density at radius 2 is 2.00 bits per heavy atom. The van der Waals surface area contributed by atoms with E-state index in [0.29, 0.717) is 0 Å². The largest absolute Gasteiger partial charge is 0.338 e. The van der Waals surface area contributed by atoms with Crippen LogP contribution in [0, 0.1) is 0 Å². The molecule has 0 spiro atoms. The average Bonchev–Trinajstić information content (AvgIpc) is 2.70. The fourth-order valence-corrected chi connectivity index (χ4v) is 1.93. The lowest BCUT2D eigenvalue weighted by Gasteiger charge is -1.97. The van der Waals surface area contributed by atoms with Gasteiger partial charge in [-0.1, -0.05) is 29.4 Å². The monoisotopic (exact) mass is 240 g/mol. The molecule has 2 aromatic rings. The van der Waals surface area contributed by atoms with E-state index in [1.807, 2.05) is 18.2 Å². The quantitative estimate of drug-likeness (QED) is 0.770. The predicted octanol–water partition coefficient (Wildman–Crippen LogP) is 4.71. The fourth-order valence-electron chi connectivity index (χ4n) is 1.93. The van der Waals surface area contributed by atoms with Crippen molar-refractivity contribution in [3.8, 4) is 0 Å². The summed E-state index contributed by atoms with van der Waals surface area (Å²) in [7, 11) is 0. The van der Waals surface area contributed by atoms with Crippen LogP contribution in [-0.2, 0) is 0 Å². The van der Waals surface area contributed by atoms with E-state index in [9.17, 15) is 0 Å².